The fraction of sp³-hybridized carbons (Fsp3) is 0.667. The summed E-state index contributed by atoms with van der Waals surface area (Å²) in [6.07, 6.45) is -5.37. The van der Waals surface area contributed by atoms with Crippen LogP contribution in [0.15, 0.2) is 0 Å². The van der Waals surface area contributed by atoms with E-state index in [9.17, 15) is 39.6 Å². The van der Waals surface area contributed by atoms with Gasteiger partial charge in [-0.1, -0.05) is 0 Å². The van der Waals surface area contributed by atoms with Crippen LogP contribution in [-0.4, -0.2) is 68.7 Å². The van der Waals surface area contributed by atoms with Gasteiger partial charge in [0.1, 0.15) is 0 Å². The molecular formula is C12H20Li4O12. The standard InChI is InChI=1S/4C3H6O3.4Li/c4*1-2(4)3(5)6;;;;/h4*2,4H,1H3,(H,5,6);;;;/q;;;;4*+1/p-4. The molecule has 12 nitrogen and oxygen atoms in total. The molecule has 0 bridgehead atoms. The maximum absolute atomic E-state index is 9.34. The monoisotopic (exact) mass is 384 g/mol. The second-order valence-corrected chi connectivity index (χ2v) is 3.98. The van der Waals surface area contributed by atoms with Crippen molar-refractivity contribution in [2.24, 2.45) is 0 Å². The average Bonchev–Trinajstić information content (AvgIpc) is 2.40. The van der Waals surface area contributed by atoms with Gasteiger partial charge in [0, 0.05) is 0 Å². The number of hydrogen-bond acceptors (Lipinski definition) is 12. The normalized spacial score (nSPS) is 11.7. The largest absolute Gasteiger partial charge is 1.00 e. The topological polar surface area (TPSA) is 241 Å². The van der Waals surface area contributed by atoms with Crippen molar-refractivity contribution in [2.75, 3.05) is 0 Å². The molecule has 0 aromatic heterocycles. The zero-order valence-corrected chi connectivity index (χ0v) is 17.4. The molecule has 0 saturated heterocycles. The molecule has 0 aromatic carbocycles. The molecular weight excluding hydrogens is 364 g/mol. The molecule has 4 N–H and O–H groups in total. The fourth-order valence-corrected chi connectivity index (χ4v) is 0. The molecule has 28 heavy (non-hydrogen) atoms. The number of hydrogen-bond donors (Lipinski definition) is 4. The first-order chi connectivity index (χ1) is 10.6. The first-order valence-corrected chi connectivity index (χ1v) is 6.13. The first kappa shape index (κ1) is 51.1. The summed E-state index contributed by atoms with van der Waals surface area (Å²) in [5.41, 5.74) is 0. The number of carboxylic acids is 4. The minimum absolute atomic E-state index is 0. The third-order valence-electron chi connectivity index (χ3n) is 1.36. The predicted octanol–water partition coefficient (Wildman–Crippen LogP) is -19.5. The van der Waals surface area contributed by atoms with Gasteiger partial charge >= 0.3 is 75.4 Å². The van der Waals surface area contributed by atoms with Gasteiger partial charge in [0.2, 0.25) is 0 Å². The summed E-state index contributed by atoms with van der Waals surface area (Å²) >= 11 is 0. The first-order valence-electron chi connectivity index (χ1n) is 6.13. The molecule has 0 aromatic rings. The number of carbonyl (C=O) groups excluding carboxylic acids is 4. The van der Waals surface area contributed by atoms with Gasteiger partial charge in [-0.2, -0.15) is 0 Å². The third-order valence-corrected chi connectivity index (χ3v) is 1.36. The SMILES string of the molecule is CC(O)C(=O)[O-].CC(O)C(=O)[O-].CC(O)C(=O)[O-].CC(O)C(=O)[O-].[Li+].[Li+].[Li+].[Li+]. The van der Waals surface area contributed by atoms with E-state index in [0.717, 1.165) is 27.7 Å². The van der Waals surface area contributed by atoms with Crippen molar-refractivity contribution in [1.29, 1.82) is 0 Å². The number of aliphatic hydroxyl groups excluding tert-OH is 4. The van der Waals surface area contributed by atoms with Gasteiger partial charge in [0.05, 0.1) is 48.3 Å². The molecule has 0 radical (unpaired) electrons. The summed E-state index contributed by atoms with van der Waals surface area (Å²) in [6, 6.07) is 0. The van der Waals surface area contributed by atoms with E-state index in [1.807, 2.05) is 0 Å². The van der Waals surface area contributed by atoms with E-state index in [1.54, 1.807) is 0 Å². The van der Waals surface area contributed by atoms with Crippen LogP contribution in [0.25, 0.3) is 0 Å². The minimum atomic E-state index is -1.44. The van der Waals surface area contributed by atoms with Gasteiger partial charge < -0.3 is 60.0 Å². The summed E-state index contributed by atoms with van der Waals surface area (Å²) in [4.78, 5) is 37.4. The van der Waals surface area contributed by atoms with E-state index in [0.29, 0.717) is 0 Å². The maximum atomic E-state index is 9.34. The molecule has 144 valence electrons. The van der Waals surface area contributed by atoms with Crippen LogP contribution in [0, 0.1) is 0 Å². The van der Waals surface area contributed by atoms with E-state index >= 15 is 0 Å². The van der Waals surface area contributed by atoms with Crippen LogP contribution in [0.2, 0.25) is 0 Å². The Kier molecular flexibility index (Phi) is 58.0. The van der Waals surface area contributed by atoms with E-state index in [-0.39, 0.29) is 75.4 Å². The Morgan fingerprint density at radius 2 is 0.500 bits per heavy atom. The van der Waals surface area contributed by atoms with Gasteiger partial charge in [-0.25, -0.2) is 0 Å². The summed E-state index contributed by atoms with van der Waals surface area (Å²) in [7, 11) is 0. The summed E-state index contributed by atoms with van der Waals surface area (Å²) < 4.78 is 0. The zero-order chi connectivity index (χ0) is 20.6. The second kappa shape index (κ2) is 31.8. The summed E-state index contributed by atoms with van der Waals surface area (Å²) in [6.45, 7) is 4.54. The number of aliphatic carboxylic acids is 4. The average molecular weight is 384 g/mol. The second-order valence-electron chi connectivity index (χ2n) is 3.98. The molecule has 0 amide bonds. The van der Waals surface area contributed by atoms with Crippen LogP contribution in [-0.2, 0) is 19.2 Å². The van der Waals surface area contributed by atoms with Crippen LogP contribution in [0.1, 0.15) is 27.7 Å². The molecule has 0 spiro atoms. The third kappa shape index (κ3) is 63.4. The molecule has 0 saturated carbocycles. The molecule has 0 aliphatic heterocycles. The Balaban J connectivity index is -0.0000000303. The molecule has 0 fully saturated rings. The number of rotatable bonds is 4. The zero-order valence-electron chi connectivity index (χ0n) is 17.4. The molecule has 0 heterocycles. The summed E-state index contributed by atoms with van der Waals surface area (Å²) in [5.74, 6) is -5.74. The number of carbonyl (C=O) groups is 4. The molecule has 16 heteroatoms. The Labute approximate surface area is 210 Å². The number of aliphatic hydroxyl groups is 4. The van der Waals surface area contributed by atoms with Gasteiger partial charge in [-0.15, -0.1) is 0 Å². The molecule has 4 atom stereocenters. The van der Waals surface area contributed by atoms with Gasteiger partial charge in [-0.3, -0.25) is 0 Å². The Morgan fingerprint density at radius 1 is 0.464 bits per heavy atom. The van der Waals surface area contributed by atoms with Crippen LogP contribution in [0.4, 0.5) is 0 Å². The van der Waals surface area contributed by atoms with Crippen molar-refractivity contribution >= 4 is 23.9 Å². The minimum Gasteiger partial charge on any atom is -0.547 e. The van der Waals surface area contributed by atoms with Crippen molar-refractivity contribution in [2.45, 2.75) is 52.1 Å². The summed E-state index contributed by atoms with van der Waals surface area (Å²) in [5, 5.41) is 69.2. The van der Waals surface area contributed by atoms with Gasteiger partial charge in [-0.05, 0) is 27.7 Å². The van der Waals surface area contributed by atoms with Crippen LogP contribution >= 0.6 is 0 Å². The van der Waals surface area contributed by atoms with Crippen molar-refractivity contribution in [3.05, 3.63) is 0 Å². The van der Waals surface area contributed by atoms with Crippen molar-refractivity contribution in [1.82, 2.24) is 0 Å². The van der Waals surface area contributed by atoms with Gasteiger partial charge in [0.25, 0.3) is 0 Å². The smallest absolute Gasteiger partial charge is 0.547 e. The van der Waals surface area contributed by atoms with Crippen molar-refractivity contribution < 1.29 is 135 Å². The van der Waals surface area contributed by atoms with Crippen LogP contribution in [0.5, 0.6) is 0 Å². The Morgan fingerprint density at radius 3 is 0.500 bits per heavy atom. The van der Waals surface area contributed by atoms with E-state index in [1.165, 1.54) is 0 Å². The van der Waals surface area contributed by atoms with Crippen molar-refractivity contribution in [3.8, 4) is 0 Å². The maximum Gasteiger partial charge on any atom is 1.00 e. The van der Waals surface area contributed by atoms with E-state index in [4.69, 9.17) is 20.4 Å². The number of carboxylic acid groups (broad SMARTS) is 4. The molecule has 0 aliphatic carbocycles. The van der Waals surface area contributed by atoms with Crippen molar-refractivity contribution in [3.63, 3.8) is 0 Å². The quantitative estimate of drug-likeness (QED) is 0.330. The van der Waals surface area contributed by atoms with E-state index in [2.05, 4.69) is 0 Å². The Hall–Kier alpha value is 0.110. The predicted molar refractivity (Wildman–Crippen MR) is 66.8 cm³/mol. The van der Waals surface area contributed by atoms with Crippen LogP contribution in [0.3, 0.4) is 0 Å². The van der Waals surface area contributed by atoms with Gasteiger partial charge in [0.15, 0.2) is 0 Å². The van der Waals surface area contributed by atoms with Crippen LogP contribution < -0.4 is 95.9 Å². The molecule has 0 rings (SSSR count). The molecule has 4 unspecified atom stereocenters. The Bertz CT molecular complexity index is 317. The molecule has 0 aliphatic rings. The fourth-order valence-electron chi connectivity index (χ4n) is 0. The van der Waals surface area contributed by atoms with E-state index < -0.39 is 48.3 Å².